The minimum absolute atomic E-state index is 0.0841. The predicted molar refractivity (Wildman–Crippen MR) is 70.4 cm³/mol. The van der Waals surface area contributed by atoms with Crippen molar-refractivity contribution in [1.82, 2.24) is 4.90 Å². The van der Waals surface area contributed by atoms with Gasteiger partial charge >= 0.3 is 0 Å². The molecule has 1 aromatic carbocycles. The SMILES string of the molecule is Cc1cccc(C(=O)N2CC(C)OC(CN)C2)c1F. The Labute approximate surface area is 112 Å². The number of ether oxygens (including phenoxy) is 1. The van der Waals surface area contributed by atoms with E-state index in [1.807, 2.05) is 6.92 Å². The molecule has 1 aromatic rings. The number of nitrogens with zero attached hydrogens (tertiary/aromatic N) is 1. The molecule has 104 valence electrons. The first-order valence-corrected chi connectivity index (χ1v) is 6.42. The highest BCUT2D eigenvalue weighted by molar-refractivity contribution is 5.94. The van der Waals surface area contributed by atoms with Crippen molar-refractivity contribution in [1.29, 1.82) is 0 Å². The molecule has 0 spiro atoms. The van der Waals surface area contributed by atoms with Crippen molar-refractivity contribution in [2.45, 2.75) is 26.1 Å². The lowest BCUT2D eigenvalue weighted by molar-refractivity contribution is -0.0626. The van der Waals surface area contributed by atoms with Crippen LogP contribution in [0.2, 0.25) is 0 Å². The molecule has 2 N–H and O–H groups in total. The molecule has 2 rings (SSSR count). The van der Waals surface area contributed by atoms with Crippen molar-refractivity contribution >= 4 is 5.91 Å². The maximum Gasteiger partial charge on any atom is 0.257 e. The van der Waals surface area contributed by atoms with Gasteiger partial charge in [0.2, 0.25) is 0 Å². The Hall–Kier alpha value is -1.46. The van der Waals surface area contributed by atoms with Gasteiger partial charge in [-0.1, -0.05) is 12.1 Å². The van der Waals surface area contributed by atoms with Gasteiger partial charge in [0.1, 0.15) is 5.82 Å². The van der Waals surface area contributed by atoms with Crippen molar-refractivity contribution in [2.75, 3.05) is 19.6 Å². The van der Waals surface area contributed by atoms with E-state index in [-0.39, 0.29) is 23.7 Å². The van der Waals surface area contributed by atoms with Crippen LogP contribution in [0.5, 0.6) is 0 Å². The summed E-state index contributed by atoms with van der Waals surface area (Å²) < 4.78 is 19.6. The molecule has 0 radical (unpaired) electrons. The summed E-state index contributed by atoms with van der Waals surface area (Å²) >= 11 is 0. The minimum atomic E-state index is -0.448. The largest absolute Gasteiger partial charge is 0.370 e. The van der Waals surface area contributed by atoms with Crippen LogP contribution in [0.1, 0.15) is 22.8 Å². The molecule has 1 heterocycles. The number of benzene rings is 1. The summed E-state index contributed by atoms with van der Waals surface area (Å²) in [7, 11) is 0. The molecule has 0 aromatic heterocycles. The third-order valence-electron chi connectivity index (χ3n) is 3.30. The predicted octanol–water partition coefficient (Wildman–Crippen LogP) is 1.32. The molecule has 5 heteroatoms. The molecule has 0 aliphatic carbocycles. The van der Waals surface area contributed by atoms with Crippen molar-refractivity contribution in [3.63, 3.8) is 0 Å². The summed E-state index contributed by atoms with van der Waals surface area (Å²) in [4.78, 5) is 14.0. The van der Waals surface area contributed by atoms with Crippen LogP contribution in [0.4, 0.5) is 4.39 Å². The van der Waals surface area contributed by atoms with Crippen LogP contribution in [0.3, 0.4) is 0 Å². The molecule has 2 atom stereocenters. The van der Waals surface area contributed by atoms with Crippen LogP contribution in [-0.2, 0) is 4.74 Å². The topological polar surface area (TPSA) is 55.6 Å². The summed E-state index contributed by atoms with van der Waals surface area (Å²) in [5.74, 6) is -0.745. The number of halogens is 1. The lowest BCUT2D eigenvalue weighted by atomic mass is 10.1. The number of hydrogen-bond donors (Lipinski definition) is 1. The van der Waals surface area contributed by atoms with E-state index in [9.17, 15) is 9.18 Å². The lowest BCUT2D eigenvalue weighted by Gasteiger charge is -2.36. The Bertz CT molecular complexity index is 479. The van der Waals surface area contributed by atoms with E-state index in [4.69, 9.17) is 10.5 Å². The van der Waals surface area contributed by atoms with Crippen molar-refractivity contribution < 1.29 is 13.9 Å². The van der Waals surface area contributed by atoms with Crippen LogP contribution < -0.4 is 5.73 Å². The third kappa shape index (κ3) is 2.93. The van der Waals surface area contributed by atoms with E-state index in [0.29, 0.717) is 25.2 Å². The van der Waals surface area contributed by atoms with E-state index in [1.165, 1.54) is 6.07 Å². The van der Waals surface area contributed by atoms with Crippen molar-refractivity contribution in [3.05, 3.63) is 35.1 Å². The Morgan fingerprint density at radius 3 is 2.95 bits per heavy atom. The number of rotatable bonds is 2. The molecule has 1 fully saturated rings. The molecule has 0 bridgehead atoms. The Kier molecular flexibility index (Phi) is 4.17. The van der Waals surface area contributed by atoms with E-state index in [1.54, 1.807) is 24.0 Å². The zero-order valence-electron chi connectivity index (χ0n) is 11.2. The van der Waals surface area contributed by atoms with Crippen LogP contribution in [0.15, 0.2) is 18.2 Å². The smallest absolute Gasteiger partial charge is 0.257 e. The molecule has 2 unspecified atom stereocenters. The average molecular weight is 266 g/mol. The van der Waals surface area contributed by atoms with Gasteiger partial charge in [-0.05, 0) is 25.5 Å². The van der Waals surface area contributed by atoms with Gasteiger partial charge in [-0.25, -0.2) is 4.39 Å². The Morgan fingerprint density at radius 1 is 1.53 bits per heavy atom. The fourth-order valence-electron chi connectivity index (χ4n) is 2.32. The monoisotopic (exact) mass is 266 g/mol. The maximum atomic E-state index is 14.0. The highest BCUT2D eigenvalue weighted by atomic mass is 19.1. The van der Waals surface area contributed by atoms with Gasteiger partial charge in [0.15, 0.2) is 0 Å². The summed E-state index contributed by atoms with van der Waals surface area (Å²) in [6, 6.07) is 4.86. The first-order valence-electron chi connectivity index (χ1n) is 6.42. The fourth-order valence-corrected chi connectivity index (χ4v) is 2.32. The number of carbonyl (C=O) groups excluding carboxylic acids is 1. The second kappa shape index (κ2) is 5.67. The molecule has 1 amide bonds. The number of carbonyl (C=O) groups is 1. The Balaban J connectivity index is 2.21. The van der Waals surface area contributed by atoms with Gasteiger partial charge in [0, 0.05) is 19.6 Å². The summed E-state index contributed by atoms with van der Waals surface area (Å²) in [6.07, 6.45) is -0.264. The van der Waals surface area contributed by atoms with Crippen molar-refractivity contribution in [3.8, 4) is 0 Å². The lowest BCUT2D eigenvalue weighted by Crippen LogP contribution is -2.51. The third-order valence-corrected chi connectivity index (χ3v) is 3.30. The zero-order valence-corrected chi connectivity index (χ0v) is 11.2. The minimum Gasteiger partial charge on any atom is -0.370 e. The van der Waals surface area contributed by atoms with Crippen LogP contribution >= 0.6 is 0 Å². The van der Waals surface area contributed by atoms with Gasteiger partial charge in [-0.2, -0.15) is 0 Å². The highest BCUT2D eigenvalue weighted by Crippen LogP contribution is 2.18. The molecule has 0 saturated carbocycles. The van der Waals surface area contributed by atoms with Gasteiger partial charge < -0.3 is 15.4 Å². The summed E-state index contributed by atoms with van der Waals surface area (Å²) in [5, 5.41) is 0. The molecular weight excluding hydrogens is 247 g/mol. The van der Waals surface area contributed by atoms with Crippen LogP contribution in [-0.4, -0.2) is 42.6 Å². The van der Waals surface area contributed by atoms with E-state index in [2.05, 4.69) is 0 Å². The van der Waals surface area contributed by atoms with Gasteiger partial charge in [-0.15, -0.1) is 0 Å². The van der Waals surface area contributed by atoms with Gasteiger partial charge in [0.25, 0.3) is 5.91 Å². The average Bonchev–Trinajstić information content (AvgIpc) is 2.40. The van der Waals surface area contributed by atoms with E-state index >= 15 is 0 Å². The zero-order chi connectivity index (χ0) is 14.0. The number of aryl methyl sites for hydroxylation is 1. The maximum absolute atomic E-state index is 14.0. The first kappa shape index (κ1) is 14.0. The summed E-state index contributed by atoms with van der Waals surface area (Å²) in [6.45, 7) is 4.76. The number of hydrogen-bond acceptors (Lipinski definition) is 3. The fraction of sp³-hybridized carbons (Fsp3) is 0.500. The van der Waals surface area contributed by atoms with Gasteiger partial charge in [0.05, 0.1) is 17.8 Å². The highest BCUT2D eigenvalue weighted by Gasteiger charge is 2.29. The number of amides is 1. The quantitative estimate of drug-likeness (QED) is 0.878. The van der Waals surface area contributed by atoms with Crippen molar-refractivity contribution in [2.24, 2.45) is 5.73 Å². The number of nitrogens with two attached hydrogens (primary N) is 1. The number of morpholine rings is 1. The standard InChI is InChI=1S/C14H19FN2O2/c1-9-4-3-5-12(13(9)15)14(18)17-7-10(2)19-11(6-16)8-17/h3-5,10-11H,6-8,16H2,1-2H3. The normalized spacial score (nSPS) is 23.5. The first-order chi connectivity index (χ1) is 9.02. The molecule has 1 aliphatic heterocycles. The Morgan fingerprint density at radius 2 is 2.26 bits per heavy atom. The second-order valence-corrected chi connectivity index (χ2v) is 4.95. The van der Waals surface area contributed by atoms with Crippen LogP contribution in [0.25, 0.3) is 0 Å². The van der Waals surface area contributed by atoms with Gasteiger partial charge in [-0.3, -0.25) is 4.79 Å². The van der Waals surface area contributed by atoms with E-state index < -0.39 is 5.82 Å². The molecule has 1 aliphatic rings. The molecule has 4 nitrogen and oxygen atoms in total. The van der Waals surface area contributed by atoms with E-state index in [0.717, 1.165) is 0 Å². The molecule has 1 saturated heterocycles. The molecular formula is C14H19FN2O2. The second-order valence-electron chi connectivity index (χ2n) is 4.95. The molecule has 19 heavy (non-hydrogen) atoms. The van der Waals surface area contributed by atoms with Crippen LogP contribution in [0, 0.1) is 12.7 Å². The summed E-state index contributed by atoms with van der Waals surface area (Å²) in [5.41, 5.74) is 6.17.